The van der Waals surface area contributed by atoms with E-state index < -0.39 is 17.7 Å². The zero-order chi connectivity index (χ0) is 25.6. The standard InChI is InChI=1S/C27H19Cl2N3O4/c1-15-10-11-17-6-5-9-23(25(17)30-15)36-14-20-21(28)12-13-22(24(20)29)31(16(2)33)32-26(34)18-7-3-4-8-19(18)27(32)35/h3-13H,14H2,1-2H3. The smallest absolute Gasteiger partial charge is 0.281 e. The van der Waals surface area contributed by atoms with Crippen molar-refractivity contribution in [2.75, 3.05) is 5.01 Å². The number of nitrogens with zero attached hydrogens (tertiary/aromatic N) is 3. The number of imide groups is 1. The van der Waals surface area contributed by atoms with Gasteiger partial charge in [0.25, 0.3) is 11.8 Å². The van der Waals surface area contributed by atoms with Gasteiger partial charge in [-0.05, 0) is 43.3 Å². The van der Waals surface area contributed by atoms with Gasteiger partial charge in [0, 0.05) is 28.6 Å². The summed E-state index contributed by atoms with van der Waals surface area (Å²) in [5, 5.41) is 3.06. The van der Waals surface area contributed by atoms with Crippen molar-refractivity contribution in [3.05, 3.63) is 99.2 Å². The van der Waals surface area contributed by atoms with E-state index in [0.29, 0.717) is 21.9 Å². The number of benzene rings is 3. The van der Waals surface area contributed by atoms with E-state index in [4.69, 9.17) is 27.9 Å². The molecule has 0 bridgehead atoms. The number of amides is 3. The number of aryl methyl sites for hydroxylation is 1. The summed E-state index contributed by atoms with van der Waals surface area (Å²) in [4.78, 5) is 43.4. The van der Waals surface area contributed by atoms with Gasteiger partial charge in [-0.15, -0.1) is 0 Å². The first-order chi connectivity index (χ1) is 17.3. The third kappa shape index (κ3) is 3.96. The first-order valence-corrected chi connectivity index (χ1v) is 11.8. The van der Waals surface area contributed by atoms with E-state index in [0.717, 1.165) is 21.1 Å². The van der Waals surface area contributed by atoms with E-state index >= 15 is 0 Å². The molecule has 0 radical (unpaired) electrons. The maximum Gasteiger partial charge on any atom is 0.281 e. The summed E-state index contributed by atoms with van der Waals surface area (Å²) >= 11 is 13.2. The first-order valence-electron chi connectivity index (χ1n) is 11.0. The Kier molecular flexibility index (Phi) is 6.12. The summed E-state index contributed by atoms with van der Waals surface area (Å²) in [6.07, 6.45) is 0. The number of fused-ring (bicyclic) bond motifs is 2. The molecule has 180 valence electrons. The second-order valence-corrected chi connectivity index (χ2v) is 9.01. The molecule has 0 fully saturated rings. The summed E-state index contributed by atoms with van der Waals surface area (Å²) in [6.45, 7) is 3.10. The first kappa shape index (κ1) is 23.8. The third-order valence-corrected chi connectivity index (χ3v) is 6.64. The van der Waals surface area contributed by atoms with Crippen molar-refractivity contribution in [3.8, 4) is 5.75 Å². The fraction of sp³-hybridized carbons (Fsp3) is 0.111. The average Bonchev–Trinajstić information content (AvgIpc) is 3.11. The van der Waals surface area contributed by atoms with Crippen LogP contribution in [-0.2, 0) is 11.4 Å². The molecule has 0 saturated carbocycles. The Hall–Kier alpha value is -3.94. The van der Waals surface area contributed by atoms with Crippen LogP contribution in [0, 0.1) is 6.92 Å². The quantitative estimate of drug-likeness (QED) is 0.302. The van der Waals surface area contributed by atoms with Gasteiger partial charge in [0.1, 0.15) is 17.9 Å². The van der Waals surface area contributed by atoms with E-state index in [1.165, 1.54) is 25.1 Å². The minimum Gasteiger partial charge on any atom is -0.487 e. The van der Waals surface area contributed by atoms with Gasteiger partial charge in [-0.3, -0.25) is 14.4 Å². The molecule has 0 aliphatic carbocycles. The van der Waals surface area contributed by atoms with Gasteiger partial charge in [-0.2, -0.15) is 5.01 Å². The number of aromatic nitrogens is 1. The van der Waals surface area contributed by atoms with E-state index in [2.05, 4.69) is 4.98 Å². The highest BCUT2D eigenvalue weighted by Crippen LogP contribution is 2.38. The summed E-state index contributed by atoms with van der Waals surface area (Å²) < 4.78 is 6.05. The van der Waals surface area contributed by atoms with Gasteiger partial charge in [-0.25, -0.2) is 9.99 Å². The average molecular weight is 520 g/mol. The van der Waals surface area contributed by atoms with E-state index in [9.17, 15) is 14.4 Å². The molecule has 0 atom stereocenters. The van der Waals surface area contributed by atoms with Gasteiger partial charge in [0.15, 0.2) is 0 Å². The molecule has 3 amide bonds. The molecule has 0 N–H and O–H groups in total. The van der Waals surface area contributed by atoms with Crippen LogP contribution in [0.15, 0.2) is 66.7 Å². The number of ether oxygens (including phenoxy) is 1. The highest BCUT2D eigenvalue weighted by Gasteiger charge is 2.42. The number of hydrogen-bond donors (Lipinski definition) is 0. The fourth-order valence-electron chi connectivity index (χ4n) is 4.14. The second kappa shape index (κ2) is 9.26. The zero-order valence-electron chi connectivity index (χ0n) is 19.3. The monoisotopic (exact) mass is 519 g/mol. The molecule has 36 heavy (non-hydrogen) atoms. The summed E-state index contributed by atoms with van der Waals surface area (Å²) in [5.74, 6) is -1.27. The fourth-order valence-corrected chi connectivity index (χ4v) is 4.70. The third-order valence-electron chi connectivity index (χ3n) is 5.86. The summed E-state index contributed by atoms with van der Waals surface area (Å²) in [7, 11) is 0. The SMILES string of the molecule is CC(=O)N(c1ccc(Cl)c(COc2cccc3ccc(C)nc23)c1Cl)N1C(=O)c2ccccc2C1=O. The Balaban J connectivity index is 1.52. The Morgan fingerprint density at radius 1 is 0.944 bits per heavy atom. The number of hydrazine groups is 1. The summed E-state index contributed by atoms with van der Waals surface area (Å²) in [6, 6.07) is 18.9. The molecule has 0 spiro atoms. The van der Waals surface area contributed by atoms with Gasteiger partial charge in [0.2, 0.25) is 5.91 Å². The normalized spacial score (nSPS) is 12.7. The van der Waals surface area contributed by atoms with Crippen LogP contribution in [-0.4, -0.2) is 27.7 Å². The predicted octanol–water partition coefficient (Wildman–Crippen LogP) is 5.99. The van der Waals surface area contributed by atoms with E-state index in [1.54, 1.807) is 24.3 Å². The van der Waals surface area contributed by atoms with Crippen LogP contribution in [0.3, 0.4) is 0 Å². The topological polar surface area (TPSA) is 79.8 Å². The maximum absolute atomic E-state index is 13.1. The van der Waals surface area contributed by atoms with Crippen LogP contribution in [0.2, 0.25) is 10.0 Å². The number of rotatable bonds is 5. The van der Waals surface area contributed by atoms with Crippen LogP contribution in [0.4, 0.5) is 5.69 Å². The van der Waals surface area contributed by atoms with Crippen LogP contribution < -0.4 is 9.75 Å². The van der Waals surface area contributed by atoms with Crippen molar-refractivity contribution >= 4 is 57.5 Å². The Labute approximate surface area is 216 Å². The number of carbonyl (C=O) groups is 3. The van der Waals surface area contributed by atoms with Crippen molar-refractivity contribution in [1.29, 1.82) is 0 Å². The molecule has 4 aromatic rings. The van der Waals surface area contributed by atoms with E-state index in [-0.39, 0.29) is 28.4 Å². The number of carbonyl (C=O) groups excluding carboxylic acids is 3. The molecule has 9 heteroatoms. The molecule has 1 aliphatic rings. The molecule has 2 heterocycles. The zero-order valence-corrected chi connectivity index (χ0v) is 20.8. The van der Waals surface area contributed by atoms with Crippen molar-refractivity contribution in [2.24, 2.45) is 0 Å². The van der Waals surface area contributed by atoms with Gasteiger partial charge >= 0.3 is 0 Å². The largest absolute Gasteiger partial charge is 0.487 e. The number of halogens is 2. The van der Waals surface area contributed by atoms with Gasteiger partial charge < -0.3 is 4.74 Å². The number of hydrogen-bond acceptors (Lipinski definition) is 5. The summed E-state index contributed by atoms with van der Waals surface area (Å²) in [5.41, 5.74) is 2.48. The van der Waals surface area contributed by atoms with Gasteiger partial charge in [-0.1, -0.05) is 53.5 Å². The molecule has 7 nitrogen and oxygen atoms in total. The highest BCUT2D eigenvalue weighted by molar-refractivity contribution is 6.38. The van der Waals surface area contributed by atoms with Crippen molar-refractivity contribution in [3.63, 3.8) is 0 Å². The lowest BCUT2D eigenvalue weighted by molar-refractivity contribution is -0.118. The minimum atomic E-state index is -0.619. The Bertz CT molecular complexity index is 1540. The van der Waals surface area contributed by atoms with Crippen LogP contribution in [0.25, 0.3) is 10.9 Å². The highest BCUT2D eigenvalue weighted by atomic mass is 35.5. The second-order valence-electron chi connectivity index (χ2n) is 8.23. The number of para-hydroxylation sites is 1. The van der Waals surface area contributed by atoms with Crippen molar-refractivity contribution in [1.82, 2.24) is 9.99 Å². The molecule has 3 aromatic carbocycles. The minimum absolute atomic E-state index is 0.0336. The van der Waals surface area contributed by atoms with Gasteiger partial charge in [0.05, 0.1) is 21.8 Å². The number of anilines is 1. The molecule has 5 rings (SSSR count). The van der Waals surface area contributed by atoms with Crippen molar-refractivity contribution < 1.29 is 19.1 Å². The lowest BCUT2D eigenvalue weighted by Crippen LogP contribution is -2.49. The molecule has 0 saturated heterocycles. The molecular formula is C27H19Cl2N3O4. The molecular weight excluding hydrogens is 501 g/mol. The Morgan fingerprint density at radius 2 is 1.64 bits per heavy atom. The van der Waals surface area contributed by atoms with Crippen LogP contribution in [0.5, 0.6) is 5.75 Å². The van der Waals surface area contributed by atoms with Crippen LogP contribution in [0.1, 0.15) is 38.9 Å². The van der Waals surface area contributed by atoms with Crippen LogP contribution >= 0.6 is 23.2 Å². The molecule has 1 aliphatic heterocycles. The van der Waals surface area contributed by atoms with Crippen molar-refractivity contribution in [2.45, 2.75) is 20.5 Å². The molecule has 1 aromatic heterocycles. The molecule has 0 unspecified atom stereocenters. The lowest BCUT2D eigenvalue weighted by atomic mass is 10.1. The van der Waals surface area contributed by atoms with E-state index in [1.807, 2.05) is 31.2 Å². The predicted molar refractivity (Wildman–Crippen MR) is 137 cm³/mol. The number of pyridine rings is 1. The lowest BCUT2D eigenvalue weighted by Gasteiger charge is -2.30. The Morgan fingerprint density at radius 3 is 2.31 bits per heavy atom. The maximum atomic E-state index is 13.1.